The second kappa shape index (κ2) is 7.06. The van der Waals surface area contributed by atoms with Crippen molar-refractivity contribution in [2.75, 3.05) is 4.90 Å². The second-order valence-electron chi connectivity index (χ2n) is 7.38. The van der Waals surface area contributed by atoms with E-state index in [0.717, 1.165) is 23.9 Å². The predicted octanol–water partition coefficient (Wildman–Crippen LogP) is 4.95. The molecule has 0 unspecified atom stereocenters. The lowest BCUT2D eigenvalue weighted by Gasteiger charge is -2.19. The van der Waals surface area contributed by atoms with Crippen molar-refractivity contribution in [2.45, 2.75) is 32.0 Å². The molecule has 0 saturated carbocycles. The Balaban J connectivity index is 1.62. The predicted molar refractivity (Wildman–Crippen MR) is 104 cm³/mol. The lowest BCUT2D eigenvalue weighted by Crippen LogP contribution is -2.23. The molecule has 2 heterocycles. The minimum Gasteiger partial charge on any atom is -0.338 e. The molecule has 3 aromatic rings. The molecule has 1 amide bonds. The molecule has 150 valence electrons. The Labute approximate surface area is 166 Å². The maximum absolute atomic E-state index is 13.3. The minimum atomic E-state index is -4.49. The van der Waals surface area contributed by atoms with Crippen molar-refractivity contribution in [3.05, 3.63) is 82.9 Å². The number of amides is 1. The number of carbonyl (C=O) groups is 1. The van der Waals surface area contributed by atoms with Gasteiger partial charge in [0, 0.05) is 37.1 Å². The zero-order valence-electron chi connectivity index (χ0n) is 16.1. The van der Waals surface area contributed by atoms with Crippen LogP contribution in [0.15, 0.2) is 54.9 Å². The van der Waals surface area contributed by atoms with Crippen LogP contribution in [0.1, 0.15) is 45.7 Å². The molecule has 2 aromatic carbocycles. The van der Waals surface area contributed by atoms with Crippen molar-refractivity contribution in [3.8, 4) is 0 Å². The molecular formula is C22H20F3N3O. The summed E-state index contributed by atoms with van der Waals surface area (Å²) in [5.41, 5.74) is 1.02. The fourth-order valence-electron chi connectivity index (χ4n) is 3.79. The topological polar surface area (TPSA) is 38.1 Å². The fourth-order valence-corrected chi connectivity index (χ4v) is 3.79. The number of anilines is 1. The highest BCUT2D eigenvalue weighted by atomic mass is 19.4. The Kier molecular flexibility index (Phi) is 4.68. The Bertz CT molecular complexity index is 1070. The first-order valence-electron chi connectivity index (χ1n) is 9.33. The average Bonchev–Trinajstić information content (AvgIpc) is 3.24. The van der Waals surface area contributed by atoms with Gasteiger partial charge in [0.05, 0.1) is 12.1 Å². The van der Waals surface area contributed by atoms with Gasteiger partial charge in [-0.1, -0.05) is 25.1 Å². The molecule has 4 nitrogen and oxygen atoms in total. The van der Waals surface area contributed by atoms with Crippen LogP contribution in [0.4, 0.5) is 18.9 Å². The van der Waals surface area contributed by atoms with Crippen LogP contribution in [0.3, 0.4) is 0 Å². The summed E-state index contributed by atoms with van der Waals surface area (Å²) >= 11 is 0. The van der Waals surface area contributed by atoms with Gasteiger partial charge in [0.15, 0.2) is 0 Å². The quantitative estimate of drug-likeness (QED) is 0.623. The number of aromatic nitrogens is 2. The van der Waals surface area contributed by atoms with Crippen LogP contribution in [0.5, 0.6) is 0 Å². The van der Waals surface area contributed by atoms with E-state index in [1.807, 2.05) is 36.0 Å². The highest BCUT2D eigenvalue weighted by molar-refractivity contribution is 6.10. The summed E-state index contributed by atoms with van der Waals surface area (Å²) < 4.78 is 42.0. The van der Waals surface area contributed by atoms with Crippen molar-refractivity contribution in [2.24, 2.45) is 7.05 Å². The number of alkyl halides is 3. The maximum atomic E-state index is 13.3. The van der Waals surface area contributed by atoms with Crippen molar-refractivity contribution in [3.63, 3.8) is 0 Å². The highest BCUT2D eigenvalue weighted by Crippen LogP contribution is 2.38. The van der Waals surface area contributed by atoms with Gasteiger partial charge in [-0.25, -0.2) is 4.98 Å². The molecule has 0 aliphatic carbocycles. The van der Waals surface area contributed by atoms with Crippen LogP contribution in [0, 0.1) is 0 Å². The number of carbonyl (C=O) groups excluding carboxylic acids is 1. The molecule has 0 radical (unpaired) electrons. The van der Waals surface area contributed by atoms with Crippen LogP contribution in [0.25, 0.3) is 0 Å². The van der Waals surface area contributed by atoms with Crippen molar-refractivity contribution < 1.29 is 18.0 Å². The molecule has 1 aromatic heterocycles. The Morgan fingerprint density at radius 3 is 2.62 bits per heavy atom. The lowest BCUT2D eigenvalue weighted by molar-refractivity contribution is -0.138. The van der Waals surface area contributed by atoms with Crippen molar-refractivity contribution in [1.82, 2.24) is 9.55 Å². The third-order valence-corrected chi connectivity index (χ3v) is 5.43. The fraction of sp³-hybridized carbons (Fsp3) is 0.273. The average molecular weight is 399 g/mol. The third kappa shape index (κ3) is 3.52. The largest absolute Gasteiger partial charge is 0.416 e. The Morgan fingerprint density at radius 1 is 1.17 bits per heavy atom. The molecular weight excluding hydrogens is 379 g/mol. The second-order valence-corrected chi connectivity index (χ2v) is 7.38. The van der Waals surface area contributed by atoms with E-state index >= 15 is 0 Å². The molecule has 0 N–H and O–H groups in total. The van der Waals surface area contributed by atoms with E-state index in [1.54, 1.807) is 12.3 Å². The van der Waals surface area contributed by atoms with Gasteiger partial charge in [0.2, 0.25) is 0 Å². The van der Waals surface area contributed by atoms with E-state index in [1.165, 1.54) is 17.0 Å². The lowest BCUT2D eigenvalue weighted by atomic mass is 9.97. The number of rotatable bonds is 4. The minimum absolute atomic E-state index is 0.0384. The van der Waals surface area contributed by atoms with E-state index in [-0.39, 0.29) is 23.6 Å². The van der Waals surface area contributed by atoms with E-state index in [9.17, 15) is 18.0 Å². The van der Waals surface area contributed by atoms with Gasteiger partial charge >= 0.3 is 6.18 Å². The molecule has 0 fully saturated rings. The molecule has 0 spiro atoms. The standard InChI is InChI=1S/C22H20F3N3O/c1-14(11-20-26-9-10-27(20)2)15-5-3-6-16(12-15)28-13-18-17(21(28)29)7-4-8-19(18)22(23,24)25/h3-10,12,14H,11,13H2,1-2H3/t14-/m1/s1. The SMILES string of the molecule is C[C@H](Cc1nccn1C)c1cccc(N2Cc3c(cccc3C(F)(F)F)C2=O)c1. The maximum Gasteiger partial charge on any atom is 0.416 e. The Morgan fingerprint density at radius 2 is 1.93 bits per heavy atom. The summed E-state index contributed by atoms with van der Waals surface area (Å²) in [5, 5.41) is 0. The molecule has 29 heavy (non-hydrogen) atoms. The van der Waals surface area contributed by atoms with Gasteiger partial charge in [-0.15, -0.1) is 0 Å². The number of halogens is 3. The van der Waals surface area contributed by atoms with Gasteiger partial charge in [-0.3, -0.25) is 4.79 Å². The number of aryl methyl sites for hydroxylation is 1. The number of fused-ring (bicyclic) bond motifs is 1. The third-order valence-electron chi connectivity index (χ3n) is 5.43. The van der Waals surface area contributed by atoms with E-state index in [4.69, 9.17) is 0 Å². The first-order chi connectivity index (χ1) is 13.8. The smallest absolute Gasteiger partial charge is 0.338 e. The van der Waals surface area contributed by atoms with E-state index in [2.05, 4.69) is 11.9 Å². The molecule has 4 rings (SSSR count). The summed E-state index contributed by atoms with van der Waals surface area (Å²) in [7, 11) is 1.93. The van der Waals surface area contributed by atoms with Gasteiger partial charge in [0.25, 0.3) is 5.91 Å². The number of nitrogens with zero attached hydrogens (tertiary/aromatic N) is 3. The monoisotopic (exact) mass is 399 g/mol. The van der Waals surface area contributed by atoms with Gasteiger partial charge in [0.1, 0.15) is 5.82 Å². The number of hydrogen-bond acceptors (Lipinski definition) is 2. The molecule has 1 atom stereocenters. The first-order valence-corrected chi connectivity index (χ1v) is 9.33. The van der Waals surface area contributed by atoms with Gasteiger partial charge in [-0.05, 0) is 41.3 Å². The molecule has 0 bridgehead atoms. The van der Waals surface area contributed by atoms with Crippen LogP contribution >= 0.6 is 0 Å². The molecule has 1 aliphatic rings. The number of imidazole rings is 1. The van der Waals surface area contributed by atoms with Crippen molar-refractivity contribution >= 4 is 11.6 Å². The number of hydrogen-bond donors (Lipinski definition) is 0. The van der Waals surface area contributed by atoms with Gasteiger partial charge in [-0.2, -0.15) is 13.2 Å². The summed E-state index contributed by atoms with van der Waals surface area (Å²) in [6.45, 7) is 1.98. The molecule has 1 aliphatic heterocycles. The van der Waals surface area contributed by atoms with Crippen molar-refractivity contribution in [1.29, 1.82) is 0 Å². The van der Waals surface area contributed by atoms with Crippen LogP contribution in [-0.2, 0) is 26.2 Å². The first kappa shape index (κ1) is 19.2. The zero-order valence-corrected chi connectivity index (χ0v) is 16.1. The van der Waals surface area contributed by atoms with Gasteiger partial charge < -0.3 is 9.47 Å². The number of benzene rings is 2. The summed E-state index contributed by atoms with van der Waals surface area (Å²) in [6.07, 6.45) is -0.132. The van der Waals surface area contributed by atoms with E-state index in [0.29, 0.717) is 5.69 Å². The summed E-state index contributed by atoms with van der Waals surface area (Å²) in [4.78, 5) is 18.6. The zero-order chi connectivity index (χ0) is 20.8. The summed E-state index contributed by atoms with van der Waals surface area (Å²) in [5.74, 6) is 0.684. The summed E-state index contributed by atoms with van der Waals surface area (Å²) in [6, 6.07) is 11.2. The van der Waals surface area contributed by atoms with E-state index < -0.39 is 17.6 Å². The van der Waals surface area contributed by atoms with Crippen LogP contribution < -0.4 is 4.90 Å². The highest BCUT2D eigenvalue weighted by Gasteiger charge is 2.39. The normalized spacial score (nSPS) is 14.9. The van der Waals surface area contributed by atoms with Crippen LogP contribution in [0.2, 0.25) is 0 Å². The van der Waals surface area contributed by atoms with Crippen LogP contribution in [-0.4, -0.2) is 15.5 Å². The Hall–Kier alpha value is -3.09. The molecule has 0 saturated heterocycles. The molecule has 7 heteroatoms.